The minimum atomic E-state index is -0.443. The minimum Gasteiger partial charge on any atom is -0.493 e. The molecule has 7 heteroatoms. The van der Waals surface area contributed by atoms with E-state index >= 15 is 0 Å². The smallest absolute Gasteiger partial charge is 0.255 e. The van der Waals surface area contributed by atoms with Crippen molar-refractivity contribution in [3.8, 4) is 17.2 Å². The second-order valence-corrected chi connectivity index (χ2v) is 7.86. The SMILES string of the molecule is COc1cc(C(CC(=O)N2CCCC2)N2Cc3ccccc3C2=O)cc(OC)c1OC. The van der Waals surface area contributed by atoms with Crippen molar-refractivity contribution in [3.05, 3.63) is 53.1 Å². The molecule has 0 radical (unpaired) electrons. The number of likely N-dealkylation sites (tertiary alicyclic amines) is 1. The second kappa shape index (κ2) is 8.88. The van der Waals surface area contributed by atoms with E-state index in [0.717, 1.165) is 37.1 Å². The van der Waals surface area contributed by atoms with Crippen LogP contribution in [0.3, 0.4) is 0 Å². The van der Waals surface area contributed by atoms with Gasteiger partial charge in [-0.05, 0) is 42.2 Å². The molecule has 164 valence electrons. The molecule has 0 N–H and O–H groups in total. The molecule has 4 rings (SSSR count). The van der Waals surface area contributed by atoms with E-state index in [9.17, 15) is 9.59 Å². The van der Waals surface area contributed by atoms with Gasteiger partial charge in [-0.1, -0.05) is 18.2 Å². The maximum absolute atomic E-state index is 13.3. The molecule has 0 saturated carbocycles. The number of carbonyl (C=O) groups is 2. The monoisotopic (exact) mass is 424 g/mol. The van der Waals surface area contributed by atoms with E-state index in [1.54, 1.807) is 26.2 Å². The summed E-state index contributed by atoms with van der Waals surface area (Å²) in [4.78, 5) is 30.0. The summed E-state index contributed by atoms with van der Waals surface area (Å²) in [6.45, 7) is 2.01. The number of hydrogen-bond acceptors (Lipinski definition) is 5. The Morgan fingerprint density at radius 3 is 2.23 bits per heavy atom. The maximum atomic E-state index is 13.3. The highest BCUT2D eigenvalue weighted by molar-refractivity contribution is 5.99. The van der Waals surface area contributed by atoms with E-state index < -0.39 is 6.04 Å². The largest absolute Gasteiger partial charge is 0.493 e. The number of rotatable bonds is 7. The number of nitrogens with zero attached hydrogens (tertiary/aromatic N) is 2. The van der Waals surface area contributed by atoms with E-state index in [1.807, 2.05) is 41.3 Å². The summed E-state index contributed by atoms with van der Waals surface area (Å²) in [7, 11) is 4.67. The molecular weight excluding hydrogens is 396 g/mol. The molecule has 7 nitrogen and oxygen atoms in total. The van der Waals surface area contributed by atoms with Crippen LogP contribution in [-0.2, 0) is 11.3 Å². The molecule has 2 aromatic rings. The fourth-order valence-corrected chi connectivity index (χ4v) is 4.49. The van der Waals surface area contributed by atoms with Gasteiger partial charge in [-0.3, -0.25) is 9.59 Å². The van der Waals surface area contributed by atoms with Crippen LogP contribution in [0.25, 0.3) is 0 Å². The standard InChI is InChI=1S/C24H28N2O5/c1-29-20-12-17(13-21(30-2)23(20)31-3)19(14-22(27)25-10-6-7-11-25)26-15-16-8-4-5-9-18(16)24(26)28/h4-5,8-9,12-13,19H,6-7,10-11,14-15H2,1-3H3. The lowest BCUT2D eigenvalue weighted by Crippen LogP contribution is -2.35. The Morgan fingerprint density at radius 2 is 1.65 bits per heavy atom. The lowest BCUT2D eigenvalue weighted by Gasteiger charge is -2.30. The molecule has 2 amide bonds. The Bertz CT molecular complexity index is 959. The molecule has 31 heavy (non-hydrogen) atoms. The Kier molecular flexibility index (Phi) is 6.02. The summed E-state index contributed by atoms with van der Waals surface area (Å²) in [6.07, 6.45) is 2.25. The number of benzene rings is 2. The van der Waals surface area contributed by atoms with Crippen molar-refractivity contribution in [1.82, 2.24) is 9.80 Å². The Labute approximate surface area is 182 Å². The summed E-state index contributed by atoms with van der Waals surface area (Å²) in [5.74, 6) is 1.47. The number of fused-ring (bicyclic) bond motifs is 1. The van der Waals surface area contributed by atoms with Crippen molar-refractivity contribution in [1.29, 1.82) is 0 Å². The van der Waals surface area contributed by atoms with Gasteiger partial charge in [-0.2, -0.15) is 0 Å². The van der Waals surface area contributed by atoms with Gasteiger partial charge < -0.3 is 24.0 Å². The number of ether oxygens (including phenoxy) is 3. The third-order valence-electron chi connectivity index (χ3n) is 6.12. The van der Waals surface area contributed by atoms with Crippen molar-refractivity contribution >= 4 is 11.8 Å². The van der Waals surface area contributed by atoms with Crippen LogP contribution in [0.4, 0.5) is 0 Å². The molecule has 2 aromatic carbocycles. The van der Waals surface area contributed by atoms with E-state index in [4.69, 9.17) is 14.2 Å². The van der Waals surface area contributed by atoms with Crippen molar-refractivity contribution in [2.45, 2.75) is 31.8 Å². The molecular formula is C24H28N2O5. The third kappa shape index (κ3) is 3.92. The predicted octanol–water partition coefficient (Wildman–Crippen LogP) is 3.42. The van der Waals surface area contributed by atoms with Gasteiger partial charge >= 0.3 is 0 Å². The van der Waals surface area contributed by atoms with Crippen molar-refractivity contribution in [2.75, 3.05) is 34.4 Å². The molecule has 0 aromatic heterocycles. The van der Waals surface area contributed by atoms with E-state index in [1.165, 1.54) is 0 Å². The lowest BCUT2D eigenvalue weighted by molar-refractivity contribution is -0.131. The summed E-state index contributed by atoms with van der Waals surface area (Å²) in [5, 5.41) is 0. The highest BCUT2D eigenvalue weighted by atomic mass is 16.5. The van der Waals surface area contributed by atoms with Crippen LogP contribution in [0.2, 0.25) is 0 Å². The van der Waals surface area contributed by atoms with Gasteiger partial charge in [-0.25, -0.2) is 0 Å². The molecule has 1 unspecified atom stereocenters. The van der Waals surface area contributed by atoms with Crippen molar-refractivity contribution < 1.29 is 23.8 Å². The zero-order chi connectivity index (χ0) is 22.0. The van der Waals surface area contributed by atoms with Crippen LogP contribution in [0.15, 0.2) is 36.4 Å². The number of carbonyl (C=O) groups excluding carboxylic acids is 2. The van der Waals surface area contributed by atoms with Gasteiger partial charge in [0, 0.05) is 25.2 Å². The first-order chi connectivity index (χ1) is 15.1. The van der Waals surface area contributed by atoms with Crippen molar-refractivity contribution in [3.63, 3.8) is 0 Å². The summed E-state index contributed by atoms with van der Waals surface area (Å²) < 4.78 is 16.5. The zero-order valence-electron chi connectivity index (χ0n) is 18.2. The first kappa shape index (κ1) is 21.0. The number of hydrogen-bond donors (Lipinski definition) is 0. The van der Waals surface area contributed by atoms with Crippen LogP contribution < -0.4 is 14.2 Å². The first-order valence-corrected chi connectivity index (χ1v) is 10.5. The molecule has 2 aliphatic heterocycles. The molecule has 1 saturated heterocycles. The van der Waals surface area contributed by atoms with Gasteiger partial charge in [0.05, 0.1) is 33.8 Å². The lowest BCUT2D eigenvalue weighted by atomic mass is 10.00. The molecule has 2 aliphatic rings. The molecule has 1 fully saturated rings. The minimum absolute atomic E-state index is 0.0556. The molecule has 0 bridgehead atoms. The van der Waals surface area contributed by atoms with Crippen LogP contribution in [0.5, 0.6) is 17.2 Å². The first-order valence-electron chi connectivity index (χ1n) is 10.5. The summed E-state index contributed by atoms with van der Waals surface area (Å²) >= 11 is 0. The molecule has 1 atom stereocenters. The van der Waals surface area contributed by atoms with E-state index in [0.29, 0.717) is 29.4 Å². The summed E-state index contributed by atoms with van der Waals surface area (Å²) in [5.41, 5.74) is 2.44. The highest BCUT2D eigenvalue weighted by Gasteiger charge is 2.36. The Hall–Kier alpha value is -3.22. The Morgan fingerprint density at radius 1 is 1.00 bits per heavy atom. The van der Waals surface area contributed by atoms with Gasteiger partial charge in [0.25, 0.3) is 5.91 Å². The average Bonchev–Trinajstić information content (AvgIpc) is 3.45. The maximum Gasteiger partial charge on any atom is 0.255 e. The third-order valence-corrected chi connectivity index (χ3v) is 6.12. The number of methoxy groups -OCH3 is 3. The summed E-state index contributed by atoms with van der Waals surface area (Å²) in [6, 6.07) is 10.8. The van der Waals surface area contributed by atoms with Crippen LogP contribution in [-0.4, -0.2) is 56.0 Å². The van der Waals surface area contributed by atoms with E-state index in [2.05, 4.69) is 0 Å². The van der Waals surface area contributed by atoms with Gasteiger partial charge in [0.1, 0.15) is 0 Å². The van der Waals surface area contributed by atoms with Gasteiger partial charge in [0.15, 0.2) is 11.5 Å². The highest BCUT2D eigenvalue weighted by Crippen LogP contribution is 2.43. The molecule has 2 heterocycles. The zero-order valence-corrected chi connectivity index (χ0v) is 18.2. The average molecular weight is 424 g/mol. The quantitative estimate of drug-likeness (QED) is 0.681. The van der Waals surface area contributed by atoms with Crippen LogP contribution in [0, 0.1) is 0 Å². The molecule has 0 aliphatic carbocycles. The predicted molar refractivity (Wildman–Crippen MR) is 116 cm³/mol. The number of amides is 2. The topological polar surface area (TPSA) is 68.3 Å². The Balaban J connectivity index is 1.74. The van der Waals surface area contributed by atoms with Crippen LogP contribution >= 0.6 is 0 Å². The van der Waals surface area contributed by atoms with Crippen LogP contribution in [0.1, 0.15) is 46.8 Å². The second-order valence-electron chi connectivity index (χ2n) is 7.86. The van der Waals surface area contributed by atoms with Gasteiger partial charge in [-0.15, -0.1) is 0 Å². The normalized spacial score (nSPS) is 16.3. The molecule has 0 spiro atoms. The van der Waals surface area contributed by atoms with Crippen molar-refractivity contribution in [2.24, 2.45) is 0 Å². The van der Waals surface area contributed by atoms with E-state index in [-0.39, 0.29) is 18.2 Å². The fourth-order valence-electron chi connectivity index (χ4n) is 4.49. The van der Waals surface area contributed by atoms with Gasteiger partial charge in [0.2, 0.25) is 11.7 Å². The fraction of sp³-hybridized carbons (Fsp3) is 0.417.